The summed E-state index contributed by atoms with van der Waals surface area (Å²) in [6.07, 6.45) is 1.30. The Balaban J connectivity index is 1.29. The van der Waals surface area contributed by atoms with Gasteiger partial charge in [-0.05, 0) is 63.8 Å². The van der Waals surface area contributed by atoms with Crippen LogP contribution in [0.15, 0.2) is 29.3 Å². The van der Waals surface area contributed by atoms with E-state index in [9.17, 15) is 27.6 Å². The fourth-order valence-corrected chi connectivity index (χ4v) is 5.48. The number of carbonyl (C=O) groups is 3. The molecule has 10 heteroatoms. The molecule has 1 aliphatic carbocycles. The molecule has 1 aromatic rings. The summed E-state index contributed by atoms with van der Waals surface area (Å²) in [5.41, 5.74) is -1.38. The van der Waals surface area contributed by atoms with Crippen LogP contribution in [-0.2, 0) is 20.6 Å². The van der Waals surface area contributed by atoms with E-state index in [1.807, 2.05) is 4.90 Å². The first kappa shape index (κ1) is 26.9. The van der Waals surface area contributed by atoms with Crippen LogP contribution < -0.4 is 4.90 Å². The predicted octanol–water partition coefficient (Wildman–Crippen LogP) is 4.27. The smallest absolute Gasteiger partial charge is 0.340 e. The van der Waals surface area contributed by atoms with Crippen molar-refractivity contribution in [1.29, 1.82) is 5.26 Å². The summed E-state index contributed by atoms with van der Waals surface area (Å²) < 4.78 is 40.1. The zero-order chi connectivity index (χ0) is 26.7. The molecule has 1 saturated carbocycles. The van der Waals surface area contributed by atoms with Gasteiger partial charge >= 0.3 is 6.18 Å². The van der Waals surface area contributed by atoms with Crippen LogP contribution in [0, 0.1) is 17.2 Å². The molecule has 37 heavy (non-hydrogen) atoms. The third-order valence-electron chi connectivity index (χ3n) is 7.66. The van der Waals surface area contributed by atoms with Crippen molar-refractivity contribution in [3.05, 3.63) is 40.5 Å². The van der Waals surface area contributed by atoms with Gasteiger partial charge < -0.3 is 4.90 Å². The molecule has 0 spiro atoms. The Hall–Kier alpha value is -3.19. The van der Waals surface area contributed by atoms with Crippen LogP contribution in [0.25, 0.3) is 0 Å². The van der Waals surface area contributed by atoms with Gasteiger partial charge in [-0.3, -0.25) is 19.3 Å². The number of anilines is 1. The number of nitrogens with zero attached hydrogens (tertiary/aromatic N) is 4. The Morgan fingerprint density at radius 1 is 1.05 bits per heavy atom. The molecule has 0 radical (unpaired) electrons. The highest BCUT2D eigenvalue weighted by Crippen LogP contribution is 2.37. The molecule has 0 N–H and O–H groups in total. The average molecular weight is 517 g/mol. The van der Waals surface area contributed by atoms with E-state index in [-0.39, 0.29) is 23.1 Å². The van der Waals surface area contributed by atoms with Crippen LogP contribution in [0.4, 0.5) is 18.9 Å². The number of rotatable bonds is 7. The van der Waals surface area contributed by atoms with Gasteiger partial charge in [0.2, 0.25) is 5.91 Å². The highest BCUT2D eigenvalue weighted by molar-refractivity contribution is 6.32. The number of piperazine rings is 1. The number of benzene rings is 1. The van der Waals surface area contributed by atoms with Crippen LogP contribution in [0.1, 0.15) is 63.0 Å². The van der Waals surface area contributed by atoms with Crippen LogP contribution in [-0.4, -0.2) is 60.2 Å². The normalized spacial score (nSPS) is 19.8. The standard InChI is InChI=1S/C27H31F3N4O3/c1-18-22(8-4-5-11-32-12-14-33(15-13-32)25(36)19-6-2-3-7-19)26(37)34(24(18)35)21-10-9-20(17-31)23(16-21)27(28,29)30/h9-10,16,19H,2-8,11-15H2,1H3. The number of carbonyl (C=O) groups excluding carboxylic acids is 3. The maximum atomic E-state index is 13.4. The highest BCUT2D eigenvalue weighted by Gasteiger charge is 2.39. The third kappa shape index (κ3) is 5.72. The van der Waals surface area contributed by atoms with E-state index in [0.717, 1.165) is 75.8 Å². The van der Waals surface area contributed by atoms with Gasteiger partial charge in [0.05, 0.1) is 22.9 Å². The first-order chi connectivity index (χ1) is 17.6. The van der Waals surface area contributed by atoms with Crippen molar-refractivity contribution in [2.45, 2.75) is 58.0 Å². The molecule has 2 heterocycles. The number of halogens is 3. The number of hydrogen-bond acceptors (Lipinski definition) is 5. The molecule has 1 aromatic carbocycles. The Kier molecular flexibility index (Phi) is 8.02. The van der Waals surface area contributed by atoms with Crippen LogP contribution >= 0.6 is 0 Å². The van der Waals surface area contributed by atoms with Crippen molar-refractivity contribution in [2.75, 3.05) is 37.6 Å². The number of imide groups is 1. The summed E-state index contributed by atoms with van der Waals surface area (Å²) in [6.45, 7) is 5.41. The SMILES string of the molecule is CC1=C(CCCCN2CCN(C(=O)C3CCCC3)CC2)C(=O)N(c2ccc(C#N)c(C(F)(F)F)c2)C1=O. The van der Waals surface area contributed by atoms with Crippen molar-refractivity contribution in [3.8, 4) is 6.07 Å². The molecule has 3 aliphatic rings. The minimum absolute atomic E-state index is 0.193. The van der Waals surface area contributed by atoms with Crippen molar-refractivity contribution in [2.24, 2.45) is 5.92 Å². The zero-order valence-corrected chi connectivity index (χ0v) is 20.9. The summed E-state index contributed by atoms with van der Waals surface area (Å²) in [5, 5.41) is 9.00. The van der Waals surface area contributed by atoms with Gasteiger partial charge in [-0.25, -0.2) is 4.90 Å². The highest BCUT2D eigenvalue weighted by atomic mass is 19.4. The van der Waals surface area contributed by atoms with Crippen molar-refractivity contribution in [1.82, 2.24) is 9.80 Å². The van der Waals surface area contributed by atoms with E-state index in [4.69, 9.17) is 5.26 Å². The van der Waals surface area contributed by atoms with Gasteiger partial charge in [0, 0.05) is 43.2 Å². The summed E-state index contributed by atoms with van der Waals surface area (Å²) in [5.74, 6) is -0.767. The fourth-order valence-electron chi connectivity index (χ4n) is 5.48. The molecule has 0 bridgehead atoms. The topological polar surface area (TPSA) is 84.7 Å². The van der Waals surface area contributed by atoms with Crippen LogP contribution in [0.5, 0.6) is 0 Å². The predicted molar refractivity (Wildman–Crippen MR) is 130 cm³/mol. The minimum atomic E-state index is -4.78. The van der Waals surface area contributed by atoms with E-state index in [1.54, 1.807) is 0 Å². The van der Waals surface area contributed by atoms with E-state index in [2.05, 4.69) is 4.90 Å². The first-order valence-electron chi connectivity index (χ1n) is 12.8. The van der Waals surface area contributed by atoms with Crippen LogP contribution in [0.3, 0.4) is 0 Å². The number of alkyl halides is 3. The molecule has 0 atom stereocenters. The van der Waals surface area contributed by atoms with E-state index >= 15 is 0 Å². The Morgan fingerprint density at radius 3 is 2.35 bits per heavy atom. The van der Waals surface area contributed by atoms with Crippen molar-refractivity contribution < 1.29 is 27.6 Å². The Bertz CT molecular complexity index is 1140. The number of hydrogen-bond donors (Lipinski definition) is 0. The summed E-state index contributed by atoms with van der Waals surface area (Å²) >= 11 is 0. The van der Waals surface area contributed by atoms with Gasteiger partial charge in [-0.1, -0.05) is 12.8 Å². The maximum Gasteiger partial charge on any atom is 0.417 e. The van der Waals surface area contributed by atoms with E-state index in [0.29, 0.717) is 24.5 Å². The second-order valence-electron chi connectivity index (χ2n) is 9.99. The second-order valence-corrected chi connectivity index (χ2v) is 9.99. The molecule has 0 unspecified atom stereocenters. The lowest BCUT2D eigenvalue weighted by Crippen LogP contribution is -2.50. The molecule has 2 fully saturated rings. The summed E-state index contributed by atoms with van der Waals surface area (Å²) in [4.78, 5) is 43.4. The Morgan fingerprint density at radius 2 is 1.73 bits per heavy atom. The number of amides is 3. The van der Waals surface area contributed by atoms with Crippen molar-refractivity contribution >= 4 is 23.4 Å². The zero-order valence-electron chi connectivity index (χ0n) is 20.9. The molecular weight excluding hydrogens is 485 g/mol. The molecule has 198 valence electrons. The largest absolute Gasteiger partial charge is 0.417 e. The summed E-state index contributed by atoms with van der Waals surface area (Å²) in [6, 6.07) is 4.35. The molecular formula is C27H31F3N4O3. The van der Waals surface area contributed by atoms with Gasteiger partial charge in [-0.2, -0.15) is 18.4 Å². The van der Waals surface area contributed by atoms with Crippen LogP contribution in [0.2, 0.25) is 0 Å². The lowest BCUT2D eigenvalue weighted by molar-refractivity contribution is -0.138. The Labute approximate surface area is 214 Å². The molecule has 0 aromatic heterocycles. The second kappa shape index (κ2) is 11.1. The van der Waals surface area contributed by atoms with Gasteiger partial charge in [-0.15, -0.1) is 0 Å². The first-order valence-corrected chi connectivity index (χ1v) is 12.8. The average Bonchev–Trinajstić information content (AvgIpc) is 3.49. The lowest BCUT2D eigenvalue weighted by atomic mass is 10.0. The van der Waals surface area contributed by atoms with Gasteiger partial charge in [0.15, 0.2) is 0 Å². The summed E-state index contributed by atoms with van der Waals surface area (Å²) in [7, 11) is 0. The number of unbranched alkanes of at least 4 members (excludes halogenated alkanes) is 1. The lowest BCUT2D eigenvalue weighted by Gasteiger charge is -2.36. The van der Waals surface area contributed by atoms with E-state index < -0.39 is 29.1 Å². The molecule has 2 aliphatic heterocycles. The van der Waals surface area contributed by atoms with Gasteiger partial charge in [0.1, 0.15) is 0 Å². The minimum Gasteiger partial charge on any atom is -0.340 e. The third-order valence-corrected chi connectivity index (χ3v) is 7.66. The number of nitriles is 1. The maximum absolute atomic E-state index is 13.4. The molecule has 7 nitrogen and oxygen atoms in total. The quantitative estimate of drug-likeness (QED) is 0.399. The molecule has 1 saturated heterocycles. The monoisotopic (exact) mass is 516 g/mol. The molecule has 4 rings (SSSR count). The van der Waals surface area contributed by atoms with Gasteiger partial charge in [0.25, 0.3) is 11.8 Å². The van der Waals surface area contributed by atoms with E-state index in [1.165, 1.54) is 19.1 Å². The fraction of sp³-hybridized carbons (Fsp3) is 0.556. The molecule has 3 amide bonds. The van der Waals surface area contributed by atoms with Crippen molar-refractivity contribution in [3.63, 3.8) is 0 Å².